The number of nitrogens with one attached hydrogen (secondary N) is 1. The summed E-state index contributed by atoms with van der Waals surface area (Å²) in [7, 11) is 0. The summed E-state index contributed by atoms with van der Waals surface area (Å²) in [6, 6.07) is 3.58. The Morgan fingerprint density at radius 3 is 2.75 bits per heavy atom. The van der Waals surface area contributed by atoms with Gasteiger partial charge in [-0.1, -0.05) is 0 Å². The number of anilines is 1. The number of hydrogen-bond donors (Lipinski definition) is 2. The minimum Gasteiger partial charge on any atom is -0.327 e. The van der Waals surface area contributed by atoms with E-state index < -0.39 is 0 Å². The maximum atomic E-state index is 11.4. The van der Waals surface area contributed by atoms with Crippen LogP contribution in [0.2, 0.25) is 0 Å². The molecule has 3 N–H and O–H groups in total. The number of nitrogens with two attached hydrogens (primary N) is 1. The third-order valence-electron chi connectivity index (χ3n) is 1.80. The van der Waals surface area contributed by atoms with Crippen LogP contribution in [-0.2, 0) is 4.79 Å². The number of amides is 1. The van der Waals surface area contributed by atoms with Gasteiger partial charge in [0.15, 0.2) is 0 Å². The Bertz CT molecular complexity index is 371. The zero-order valence-corrected chi connectivity index (χ0v) is 12.1. The molecule has 0 bridgehead atoms. The number of aromatic nitrogens is 1. The van der Waals surface area contributed by atoms with Crippen LogP contribution in [0.4, 0.5) is 5.82 Å². The summed E-state index contributed by atoms with van der Waals surface area (Å²) in [4.78, 5) is 15.6. The van der Waals surface area contributed by atoms with E-state index in [0.717, 1.165) is 9.26 Å². The standard InChI is InChI=1S/C10H14IN3O.ClH/c1-6(12)5-10(15)14-9-4-3-8(11)7(2)13-9;/h3-4,6H,5,12H2,1-2H3,(H,13,14,15);1H. The van der Waals surface area contributed by atoms with Gasteiger partial charge in [0, 0.05) is 16.0 Å². The van der Waals surface area contributed by atoms with Crippen molar-refractivity contribution in [1.29, 1.82) is 0 Å². The normalized spacial score (nSPS) is 11.5. The van der Waals surface area contributed by atoms with Gasteiger partial charge in [-0.05, 0) is 48.6 Å². The summed E-state index contributed by atoms with van der Waals surface area (Å²) in [6.45, 7) is 3.70. The van der Waals surface area contributed by atoms with Crippen molar-refractivity contribution in [2.75, 3.05) is 5.32 Å². The Labute approximate surface area is 115 Å². The van der Waals surface area contributed by atoms with Crippen molar-refractivity contribution in [2.24, 2.45) is 5.73 Å². The smallest absolute Gasteiger partial charge is 0.227 e. The average Bonchev–Trinajstić information content (AvgIpc) is 2.10. The van der Waals surface area contributed by atoms with Gasteiger partial charge in [0.05, 0.1) is 5.69 Å². The van der Waals surface area contributed by atoms with E-state index in [1.54, 1.807) is 13.0 Å². The van der Waals surface area contributed by atoms with Gasteiger partial charge in [-0.2, -0.15) is 0 Å². The molecule has 0 saturated carbocycles. The van der Waals surface area contributed by atoms with Crippen LogP contribution >= 0.6 is 35.0 Å². The topological polar surface area (TPSA) is 68.0 Å². The minimum absolute atomic E-state index is 0. The summed E-state index contributed by atoms with van der Waals surface area (Å²) < 4.78 is 1.08. The zero-order valence-electron chi connectivity index (χ0n) is 9.16. The molecule has 0 aromatic carbocycles. The van der Waals surface area contributed by atoms with Crippen LogP contribution in [0.5, 0.6) is 0 Å². The Morgan fingerprint density at radius 1 is 1.62 bits per heavy atom. The predicted octanol–water partition coefficient (Wildman–Crippen LogP) is 2.09. The van der Waals surface area contributed by atoms with Gasteiger partial charge in [-0.3, -0.25) is 4.79 Å². The highest BCUT2D eigenvalue weighted by Gasteiger charge is 2.06. The molecule has 4 nitrogen and oxygen atoms in total. The van der Waals surface area contributed by atoms with E-state index in [-0.39, 0.29) is 24.4 Å². The molecule has 0 radical (unpaired) electrons. The van der Waals surface area contributed by atoms with E-state index >= 15 is 0 Å². The number of nitrogens with zero attached hydrogens (tertiary/aromatic N) is 1. The number of pyridine rings is 1. The highest BCUT2D eigenvalue weighted by Crippen LogP contribution is 2.12. The largest absolute Gasteiger partial charge is 0.327 e. The van der Waals surface area contributed by atoms with Crippen LogP contribution in [0.1, 0.15) is 19.0 Å². The number of carbonyl (C=O) groups is 1. The summed E-state index contributed by atoms with van der Waals surface area (Å²) in [5.41, 5.74) is 6.43. The second-order valence-electron chi connectivity index (χ2n) is 3.49. The first-order chi connectivity index (χ1) is 6.99. The Balaban J connectivity index is 0.00000225. The lowest BCUT2D eigenvalue weighted by atomic mass is 10.2. The highest BCUT2D eigenvalue weighted by molar-refractivity contribution is 14.1. The maximum absolute atomic E-state index is 11.4. The Hall–Kier alpha value is -0.400. The van der Waals surface area contributed by atoms with E-state index in [1.807, 2.05) is 13.0 Å². The molecule has 0 aliphatic carbocycles. The molecule has 1 aromatic rings. The van der Waals surface area contributed by atoms with E-state index in [9.17, 15) is 4.79 Å². The molecule has 1 rings (SSSR count). The average molecular weight is 356 g/mol. The molecular formula is C10H15ClIN3O. The number of hydrogen-bond acceptors (Lipinski definition) is 3. The van der Waals surface area contributed by atoms with Crippen LogP contribution in [0.15, 0.2) is 12.1 Å². The Morgan fingerprint density at radius 2 is 2.25 bits per heavy atom. The van der Waals surface area contributed by atoms with Crippen LogP contribution in [0.25, 0.3) is 0 Å². The molecule has 0 fully saturated rings. The second-order valence-corrected chi connectivity index (χ2v) is 4.66. The van der Waals surface area contributed by atoms with E-state index in [0.29, 0.717) is 12.2 Å². The van der Waals surface area contributed by atoms with Crippen LogP contribution < -0.4 is 11.1 Å². The molecule has 1 atom stereocenters. The molecule has 0 aliphatic heterocycles. The first-order valence-corrected chi connectivity index (χ1v) is 5.75. The van der Waals surface area contributed by atoms with Crippen molar-refractivity contribution in [1.82, 2.24) is 4.98 Å². The first kappa shape index (κ1) is 15.6. The third-order valence-corrected chi connectivity index (χ3v) is 2.94. The fraction of sp³-hybridized carbons (Fsp3) is 0.400. The molecule has 90 valence electrons. The van der Waals surface area contributed by atoms with Gasteiger partial charge < -0.3 is 11.1 Å². The van der Waals surface area contributed by atoms with Gasteiger partial charge in [0.2, 0.25) is 5.91 Å². The highest BCUT2D eigenvalue weighted by atomic mass is 127. The van der Waals surface area contributed by atoms with Crippen LogP contribution in [0, 0.1) is 10.5 Å². The molecule has 0 saturated heterocycles. The summed E-state index contributed by atoms with van der Waals surface area (Å²) in [5.74, 6) is 0.483. The first-order valence-electron chi connectivity index (χ1n) is 4.67. The molecule has 0 spiro atoms. The number of aryl methyl sites for hydroxylation is 1. The fourth-order valence-electron chi connectivity index (χ4n) is 1.10. The van der Waals surface area contributed by atoms with E-state index in [1.165, 1.54) is 0 Å². The molecule has 1 heterocycles. The Kier molecular flexibility index (Phi) is 6.85. The minimum atomic E-state index is -0.130. The van der Waals surface area contributed by atoms with Gasteiger partial charge in [0.25, 0.3) is 0 Å². The van der Waals surface area contributed by atoms with E-state index in [4.69, 9.17) is 5.73 Å². The number of halogens is 2. The molecule has 0 aliphatic rings. The summed E-state index contributed by atoms with van der Waals surface area (Å²) >= 11 is 2.20. The van der Waals surface area contributed by atoms with Crippen molar-refractivity contribution in [3.8, 4) is 0 Å². The molecule has 6 heteroatoms. The zero-order chi connectivity index (χ0) is 11.4. The number of rotatable bonds is 3. The van der Waals surface area contributed by atoms with Gasteiger partial charge >= 0.3 is 0 Å². The molecule has 1 amide bonds. The quantitative estimate of drug-likeness (QED) is 0.816. The van der Waals surface area contributed by atoms with Crippen molar-refractivity contribution in [3.63, 3.8) is 0 Å². The number of carbonyl (C=O) groups excluding carboxylic acids is 1. The summed E-state index contributed by atoms with van der Waals surface area (Å²) in [5, 5.41) is 2.71. The van der Waals surface area contributed by atoms with Gasteiger partial charge in [-0.15, -0.1) is 12.4 Å². The van der Waals surface area contributed by atoms with Crippen molar-refractivity contribution < 1.29 is 4.79 Å². The monoisotopic (exact) mass is 355 g/mol. The SMILES string of the molecule is Cc1nc(NC(=O)CC(C)N)ccc1I.Cl. The maximum Gasteiger partial charge on any atom is 0.227 e. The molecule has 1 aromatic heterocycles. The second kappa shape index (κ2) is 7.03. The van der Waals surface area contributed by atoms with Crippen LogP contribution in [-0.4, -0.2) is 16.9 Å². The molecular weight excluding hydrogens is 340 g/mol. The van der Waals surface area contributed by atoms with Crippen molar-refractivity contribution in [2.45, 2.75) is 26.3 Å². The van der Waals surface area contributed by atoms with E-state index in [2.05, 4.69) is 32.9 Å². The lowest BCUT2D eigenvalue weighted by Gasteiger charge is -2.07. The van der Waals surface area contributed by atoms with Crippen LogP contribution in [0.3, 0.4) is 0 Å². The lowest BCUT2D eigenvalue weighted by molar-refractivity contribution is -0.116. The van der Waals surface area contributed by atoms with Crippen molar-refractivity contribution in [3.05, 3.63) is 21.4 Å². The van der Waals surface area contributed by atoms with Gasteiger partial charge in [0.1, 0.15) is 5.82 Å². The predicted molar refractivity (Wildman–Crippen MR) is 75.8 cm³/mol. The third kappa shape index (κ3) is 5.09. The molecule has 16 heavy (non-hydrogen) atoms. The van der Waals surface area contributed by atoms with Gasteiger partial charge in [-0.25, -0.2) is 4.98 Å². The molecule has 1 unspecified atom stereocenters. The fourth-order valence-corrected chi connectivity index (χ4v) is 1.40. The van der Waals surface area contributed by atoms with Crippen molar-refractivity contribution >= 4 is 46.7 Å². The summed E-state index contributed by atoms with van der Waals surface area (Å²) in [6.07, 6.45) is 0.312. The lowest BCUT2D eigenvalue weighted by Crippen LogP contribution is -2.24.